The lowest BCUT2D eigenvalue weighted by atomic mass is 10.1. The summed E-state index contributed by atoms with van der Waals surface area (Å²) in [7, 11) is 1.68. The van der Waals surface area contributed by atoms with Gasteiger partial charge in [-0.15, -0.1) is 0 Å². The first-order valence-electron chi connectivity index (χ1n) is 5.65. The van der Waals surface area contributed by atoms with Crippen molar-refractivity contribution in [2.75, 3.05) is 13.1 Å². The van der Waals surface area contributed by atoms with E-state index in [9.17, 15) is 8.42 Å². The van der Waals surface area contributed by atoms with Crippen molar-refractivity contribution in [3.8, 4) is 0 Å². The second-order valence-corrected chi connectivity index (χ2v) is 6.55. The first-order valence-corrected chi connectivity index (χ1v) is 7.96. The van der Waals surface area contributed by atoms with Crippen molar-refractivity contribution >= 4 is 19.7 Å². The third-order valence-electron chi connectivity index (χ3n) is 2.88. The third kappa shape index (κ3) is 3.98. The van der Waals surface area contributed by atoms with E-state index >= 15 is 0 Å². The lowest BCUT2D eigenvalue weighted by Gasteiger charge is -2.19. The summed E-state index contributed by atoms with van der Waals surface area (Å²) in [5.41, 5.74) is 2.09. The molecule has 0 saturated carbocycles. The maximum Gasteiger partial charge on any atom is 0.261 e. The van der Waals surface area contributed by atoms with Crippen LogP contribution in [0.4, 0.5) is 0 Å². The van der Waals surface area contributed by atoms with Crippen LogP contribution in [0.1, 0.15) is 25.0 Å². The Bertz CT molecular complexity index is 481. The summed E-state index contributed by atoms with van der Waals surface area (Å²) in [4.78, 5) is 2.44. The molecule has 0 spiro atoms. The largest absolute Gasteiger partial charge is 0.300 e. The minimum Gasteiger partial charge on any atom is -0.300 e. The molecule has 0 atom stereocenters. The molecule has 0 heterocycles. The Morgan fingerprint density at radius 3 is 2.24 bits per heavy atom. The van der Waals surface area contributed by atoms with E-state index in [0.29, 0.717) is 0 Å². The molecule has 0 aliphatic heterocycles. The Balaban J connectivity index is 2.98. The summed E-state index contributed by atoms with van der Waals surface area (Å²) >= 11 is 0. The SMILES string of the molecule is CCN(CC)Cc1ccc(S(=O)(=O)Cl)cc1C. The maximum atomic E-state index is 11.2. The Morgan fingerprint density at radius 1 is 1.24 bits per heavy atom. The number of nitrogens with zero attached hydrogens (tertiary/aromatic N) is 1. The van der Waals surface area contributed by atoms with Gasteiger partial charge in [-0.1, -0.05) is 19.9 Å². The number of halogens is 1. The van der Waals surface area contributed by atoms with Gasteiger partial charge in [-0.25, -0.2) is 8.42 Å². The normalized spacial score (nSPS) is 12.1. The van der Waals surface area contributed by atoms with Crippen LogP contribution in [0.5, 0.6) is 0 Å². The van der Waals surface area contributed by atoms with Gasteiger partial charge < -0.3 is 0 Å². The summed E-state index contributed by atoms with van der Waals surface area (Å²) in [5, 5.41) is 0. The number of benzene rings is 1. The van der Waals surface area contributed by atoms with Crippen LogP contribution in [0, 0.1) is 6.92 Å². The molecule has 0 amide bonds. The molecule has 1 rings (SSSR count). The molecule has 0 bridgehead atoms. The van der Waals surface area contributed by atoms with E-state index in [-0.39, 0.29) is 4.90 Å². The van der Waals surface area contributed by atoms with Crippen molar-refractivity contribution in [2.24, 2.45) is 0 Å². The first-order chi connectivity index (χ1) is 7.88. The van der Waals surface area contributed by atoms with Crippen molar-refractivity contribution < 1.29 is 8.42 Å². The van der Waals surface area contributed by atoms with Gasteiger partial charge in [0.25, 0.3) is 9.05 Å². The van der Waals surface area contributed by atoms with Crippen LogP contribution in [-0.4, -0.2) is 26.4 Å². The second kappa shape index (κ2) is 5.85. The summed E-state index contributed by atoms with van der Waals surface area (Å²) < 4.78 is 22.4. The van der Waals surface area contributed by atoms with Crippen molar-refractivity contribution in [1.29, 1.82) is 0 Å². The highest BCUT2D eigenvalue weighted by atomic mass is 35.7. The molecule has 17 heavy (non-hydrogen) atoms. The summed E-state index contributed by atoms with van der Waals surface area (Å²) in [6, 6.07) is 5.03. The van der Waals surface area contributed by atoms with E-state index in [4.69, 9.17) is 10.7 Å². The molecule has 0 N–H and O–H groups in total. The summed E-state index contributed by atoms with van der Waals surface area (Å²) in [6.45, 7) is 8.91. The Labute approximate surface area is 108 Å². The van der Waals surface area contributed by atoms with Gasteiger partial charge in [-0.2, -0.15) is 0 Å². The lowest BCUT2D eigenvalue weighted by Crippen LogP contribution is -2.22. The predicted molar refractivity (Wildman–Crippen MR) is 70.8 cm³/mol. The Morgan fingerprint density at radius 2 is 1.82 bits per heavy atom. The molecule has 96 valence electrons. The molecular formula is C12H18ClNO2S. The molecule has 0 aliphatic rings. The molecule has 0 fully saturated rings. The highest BCUT2D eigenvalue weighted by Gasteiger charge is 2.12. The van der Waals surface area contributed by atoms with Gasteiger partial charge in [0.2, 0.25) is 0 Å². The van der Waals surface area contributed by atoms with Crippen molar-refractivity contribution in [1.82, 2.24) is 4.90 Å². The van der Waals surface area contributed by atoms with Crippen LogP contribution < -0.4 is 0 Å². The Kier molecular flexibility index (Phi) is 4.98. The summed E-state index contributed by atoms with van der Waals surface area (Å²) in [6.07, 6.45) is 0. The monoisotopic (exact) mass is 275 g/mol. The van der Waals surface area contributed by atoms with Gasteiger partial charge in [0.15, 0.2) is 0 Å². The quantitative estimate of drug-likeness (QED) is 0.776. The van der Waals surface area contributed by atoms with Crippen LogP contribution in [0.25, 0.3) is 0 Å². The van der Waals surface area contributed by atoms with Crippen LogP contribution in [0.3, 0.4) is 0 Å². The van der Waals surface area contributed by atoms with Crippen molar-refractivity contribution in [2.45, 2.75) is 32.2 Å². The topological polar surface area (TPSA) is 37.4 Å². The van der Waals surface area contributed by atoms with E-state index < -0.39 is 9.05 Å². The van der Waals surface area contributed by atoms with Crippen molar-refractivity contribution in [3.05, 3.63) is 29.3 Å². The van der Waals surface area contributed by atoms with Crippen LogP contribution in [-0.2, 0) is 15.6 Å². The molecule has 5 heteroatoms. The fourth-order valence-electron chi connectivity index (χ4n) is 1.69. The average Bonchev–Trinajstić information content (AvgIpc) is 2.26. The van der Waals surface area contributed by atoms with E-state index in [2.05, 4.69) is 18.7 Å². The van der Waals surface area contributed by atoms with E-state index in [1.54, 1.807) is 12.1 Å². The van der Waals surface area contributed by atoms with Crippen LogP contribution in [0.15, 0.2) is 23.1 Å². The zero-order chi connectivity index (χ0) is 13.1. The van der Waals surface area contributed by atoms with E-state index in [0.717, 1.165) is 30.8 Å². The standard InChI is InChI=1S/C12H18ClNO2S/c1-4-14(5-2)9-11-6-7-12(8-10(11)3)17(13,15)16/h6-8H,4-5,9H2,1-3H3. The lowest BCUT2D eigenvalue weighted by molar-refractivity contribution is 0.295. The molecule has 3 nitrogen and oxygen atoms in total. The molecular weight excluding hydrogens is 258 g/mol. The fourth-order valence-corrected chi connectivity index (χ4v) is 2.52. The highest BCUT2D eigenvalue weighted by molar-refractivity contribution is 8.13. The minimum atomic E-state index is -3.62. The van der Waals surface area contributed by atoms with Crippen LogP contribution >= 0.6 is 10.7 Å². The molecule has 1 aromatic rings. The van der Waals surface area contributed by atoms with Crippen molar-refractivity contribution in [3.63, 3.8) is 0 Å². The molecule has 0 aromatic heterocycles. The highest BCUT2D eigenvalue weighted by Crippen LogP contribution is 2.19. The smallest absolute Gasteiger partial charge is 0.261 e. The number of hydrogen-bond acceptors (Lipinski definition) is 3. The van der Waals surface area contributed by atoms with Gasteiger partial charge in [0.05, 0.1) is 4.90 Å². The summed E-state index contributed by atoms with van der Waals surface area (Å²) in [5.74, 6) is 0. The van der Waals surface area contributed by atoms with Gasteiger partial charge in [-0.3, -0.25) is 4.90 Å². The Hall–Kier alpha value is -0.580. The molecule has 0 aliphatic carbocycles. The number of aryl methyl sites for hydroxylation is 1. The van der Waals surface area contributed by atoms with Crippen LogP contribution in [0.2, 0.25) is 0 Å². The minimum absolute atomic E-state index is 0.167. The van der Waals surface area contributed by atoms with Gasteiger partial charge in [0, 0.05) is 17.2 Å². The maximum absolute atomic E-state index is 11.2. The molecule has 0 unspecified atom stereocenters. The molecule has 0 radical (unpaired) electrons. The molecule has 1 aromatic carbocycles. The second-order valence-electron chi connectivity index (χ2n) is 3.99. The number of rotatable bonds is 5. The zero-order valence-corrected chi connectivity index (χ0v) is 12.0. The molecule has 0 saturated heterocycles. The third-order valence-corrected chi connectivity index (χ3v) is 4.24. The van der Waals surface area contributed by atoms with Gasteiger partial charge >= 0.3 is 0 Å². The fraction of sp³-hybridized carbons (Fsp3) is 0.500. The average molecular weight is 276 g/mol. The number of hydrogen-bond donors (Lipinski definition) is 0. The van der Waals surface area contributed by atoms with Gasteiger partial charge in [0.1, 0.15) is 0 Å². The first kappa shape index (κ1) is 14.5. The predicted octanol–water partition coefficient (Wildman–Crippen LogP) is 2.76. The van der Waals surface area contributed by atoms with E-state index in [1.165, 1.54) is 0 Å². The van der Waals surface area contributed by atoms with E-state index in [1.807, 2.05) is 13.0 Å². The van der Waals surface area contributed by atoms with Gasteiger partial charge in [-0.05, 0) is 43.3 Å². The zero-order valence-electron chi connectivity index (χ0n) is 10.4.